The Morgan fingerprint density at radius 1 is 1.33 bits per heavy atom. The third kappa shape index (κ3) is 2.91. The molecule has 0 saturated carbocycles. The molecule has 2 fully saturated rings. The molecule has 5 heteroatoms. The van der Waals surface area contributed by atoms with Gasteiger partial charge in [0, 0.05) is 32.3 Å². The molecule has 2 amide bonds. The van der Waals surface area contributed by atoms with Gasteiger partial charge in [0.15, 0.2) is 0 Å². The van der Waals surface area contributed by atoms with Crippen LogP contribution in [0.15, 0.2) is 24.5 Å². The number of aromatic nitrogens is 1. The van der Waals surface area contributed by atoms with Crippen molar-refractivity contribution in [2.45, 2.75) is 26.2 Å². The van der Waals surface area contributed by atoms with Gasteiger partial charge in [-0.25, -0.2) is 0 Å². The second-order valence-electron chi connectivity index (χ2n) is 6.12. The van der Waals surface area contributed by atoms with E-state index in [4.69, 9.17) is 0 Å². The zero-order chi connectivity index (χ0) is 14.8. The second-order valence-corrected chi connectivity index (χ2v) is 6.12. The molecule has 0 radical (unpaired) electrons. The number of hydrogen-bond donors (Lipinski definition) is 0. The van der Waals surface area contributed by atoms with Gasteiger partial charge in [-0.1, -0.05) is 6.92 Å². The van der Waals surface area contributed by atoms with Gasteiger partial charge in [-0.05, 0) is 30.9 Å². The van der Waals surface area contributed by atoms with Crippen LogP contribution in [0, 0.1) is 11.8 Å². The van der Waals surface area contributed by atoms with Crippen molar-refractivity contribution in [3.63, 3.8) is 0 Å². The summed E-state index contributed by atoms with van der Waals surface area (Å²) >= 11 is 0. The SMILES string of the molecule is CC1CCN(C(=O)C2CC(=O)N(c3cccnc3)C2)CC1. The quantitative estimate of drug-likeness (QED) is 0.832. The number of nitrogens with zero attached hydrogens (tertiary/aromatic N) is 3. The molecule has 0 N–H and O–H groups in total. The Kier molecular flexibility index (Phi) is 3.90. The third-order valence-corrected chi connectivity index (χ3v) is 4.53. The normalized spacial score (nSPS) is 23.7. The molecule has 0 aromatic carbocycles. The molecule has 1 unspecified atom stereocenters. The van der Waals surface area contributed by atoms with Crippen LogP contribution < -0.4 is 4.90 Å². The van der Waals surface area contributed by atoms with Gasteiger partial charge in [-0.2, -0.15) is 0 Å². The van der Waals surface area contributed by atoms with Crippen LogP contribution in [-0.4, -0.2) is 41.3 Å². The number of hydrogen-bond acceptors (Lipinski definition) is 3. The van der Waals surface area contributed by atoms with Crippen LogP contribution in [0.3, 0.4) is 0 Å². The monoisotopic (exact) mass is 287 g/mol. The van der Waals surface area contributed by atoms with Crippen LogP contribution in [0.25, 0.3) is 0 Å². The molecule has 112 valence electrons. The Bertz CT molecular complexity index is 524. The Morgan fingerprint density at radius 2 is 2.10 bits per heavy atom. The van der Waals surface area contributed by atoms with E-state index in [-0.39, 0.29) is 17.7 Å². The maximum Gasteiger partial charge on any atom is 0.228 e. The smallest absolute Gasteiger partial charge is 0.228 e. The molecular formula is C16H21N3O2. The van der Waals surface area contributed by atoms with Crippen LogP contribution in [-0.2, 0) is 9.59 Å². The molecule has 0 spiro atoms. The molecular weight excluding hydrogens is 266 g/mol. The number of likely N-dealkylation sites (tertiary alicyclic amines) is 1. The number of carbonyl (C=O) groups is 2. The maximum absolute atomic E-state index is 12.6. The Hall–Kier alpha value is -1.91. The van der Waals surface area contributed by atoms with Crippen molar-refractivity contribution in [1.29, 1.82) is 0 Å². The first-order valence-corrected chi connectivity index (χ1v) is 7.64. The lowest BCUT2D eigenvalue weighted by Crippen LogP contribution is -2.42. The van der Waals surface area contributed by atoms with E-state index in [1.807, 2.05) is 17.0 Å². The topological polar surface area (TPSA) is 53.5 Å². The fourth-order valence-electron chi connectivity index (χ4n) is 3.12. The van der Waals surface area contributed by atoms with Gasteiger partial charge in [0.2, 0.25) is 11.8 Å². The van der Waals surface area contributed by atoms with E-state index in [2.05, 4.69) is 11.9 Å². The molecule has 1 aromatic rings. The highest BCUT2D eigenvalue weighted by Crippen LogP contribution is 2.27. The van der Waals surface area contributed by atoms with Crippen LogP contribution in [0.5, 0.6) is 0 Å². The highest BCUT2D eigenvalue weighted by Gasteiger charge is 2.37. The summed E-state index contributed by atoms with van der Waals surface area (Å²) < 4.78 is 0. The minimum atomic E-state index is -0.203. The predicted molar refractivity (Wildman–Crippen MR) is 79.7 cm³/mol. The van der Waals surface area contributed by atoms with E-state index >= 15 is 0 Å². The predicted octanol–water partition coefficient (Wildman–Crippen LogP) is 1.69. The van der Waals surface area contributed by atoms with E-state index in [0.29, 0.717) is 18.9 Å². The summed E-state index contributed by atoms with van der Waals surface area (Å²) in [5, 5.41) is 0. The van der Waals surface area contributed by atoms with Crippen molar-refractivity contribution in [2.24, 2.45) is 11.8 Å². The van der Waals surface area contributed by atoms with E-state index in [0.717, 1.165) is 31.6 Å². The van der Waals surface area contributed by atoms with E-state index in [1.165, 1.54) is 0 Å². The fraction of sp³-hybridized carbons (Fsp3) is 0.562. The Morgan fingerprint density at radius 3 is 2.76 bits per heavy atom. The second kappa shape index (κ2) is 5.84. The summed E-state index contributed by atoms with van der Waals surface area (Å²) in [6.07, 6.45) is 5.81. The standard InChI is InChI=1S/C16H21N3O2/c1-12-4-7-18(8-5-12)16(21)13-9-15(20)19(11-13)14-3-2-6-17-10-14/h2-3,6,10,12-13H,4-5,7-9,11H2,1H3. The molecule has 21 heavy (non-hydrogen) atoms. The van der Waals surface area contributed by atoms with E-state index in [9.17, 15) is 9.59 Å². The van der Waals surface area contributed by atoms with Gasteiger partial charge in [-0.3, -0.25) is 14.6 Å². The molecule has 0 aliphatic carbocycles. The summed E-state index contributed by atoms with van der Waals surface area (Å²) in [4.78, 5) is 32.4. The van der Waals surface area contributed by atoms with Crippen molar-refractivity contribution >= 4 is 17.5 Å². The molecule has 1 atom stereocenters. The van der Waals surface area contributed by atoms with Gasteiger partial charge >= 0.3 is 0 Å². The Balaban J connectivity index is 1.66. The number of rotatable bonds is 2. The lowest BCUT2D eigenvalue weighted by atomic mass is 9.97. The molecule has 2 aliphatic rings. The molecule has 3 heterocycles. The summed E-state index contributed by atoms with van der Waals surface area (Å²) in [5.74, 6) is 0.658. The van der Waals surface area contributed by atoms with Gasteiger partial charge in [0.25, 0.3) is 0 Å². The molecule has 5 nitrogen and oxygen atoms in total. The first-order valence-electron chi connectivity index (χ1n) is 7.64. The van der Waals surface area contributed by atoms with Gasteiger partial charge < -0.3 is 9.80 Å². The summed E-state index contributed by atoms with van der Waals surface area (Å²) in [6, 6.07) is 3.67. The van der Waals surface area contributed by atoms with Crippen LogP contribution >= 0.6 is 0 Å². The number of piperidine rings is 1. The fourth-order valence-corrected chi connectivity index (χ4v) is 3.12. The van der Waals surface area contributed by atoms with Crippen molar-refractivity contribution in [3.05, 3.63) is 24.5 Å². The van der Waals surface area contributed by atoms with E-state index in [1.54, 1.807) is 17.3 Å². The van der Waals surface area contributed by atoms with Gasteiger partial charge in [0.1, 0.15) is 0 Å². The number of pyridine rings is 1. The largest absolute Gasteiger partial charge is 0.342 e. The molecule has 1 aromatic heterocycles. The van der Waals surface area contributed by atoms with Crippen molar-refractivity contribution < 1.29 is 9.59 Å². The minimum absolute atomic E-state index is 0.0201. The molecule has 0 bridgehead atoms. The van der Waals surface area contributed by atoms with Crippen LogP contribution in [0.4, 0.5) is 5.69 Å². The van der Waals surface area contributed by atoms with Crippen molar-refractivity contribution in [2.75, 3.05) is 24.5 Å². The minimum Gasteiger partial charge on any atom is -0.342 e. The zero-order valence-electron chi connectivity index (χ0n) is 12.4. The summed E-state index contributed by atoms with van der Waals surface area (Å²) in [6.45, 7) is 4.37. The third-order valence-electron chi connectivity index (χ3n) is 4.53. The van der Waals surface area contributed by atoms with Crippen molar-refractivity contribution in [1.82, 2.24) is 9.88 Å². The lowest BCUT2D eigenvalue weighted by Gasteiger charge is -2.32. The zero-order valence-corrected chi connectivity index (χ0v) is 12.4. The van der Waals surface area contributed by atoms with Gasteiger partial charge in [-0.15, -0.1) is 0 Å². The molecule has 2 saturated heterocycles. The average Bonchev–Trinajstić information content (AvgIpc) is 2.90. The number of amides is 2. The molecule has 3 rings (SSSR count). The summed E-state index contributed by atoms with van der Waals surface area (Å²) in [5.41, 5.74) is 0.782. The highest BCUT2D eigenvalue weighted by molar-refractivity contribution is 6.00. The van der Waals surface area contributed by atoms with Gasteiger partial charge in [0.05, 0.1) is 17.8 Å². The first kappa shape index (κ1) is 14.0. The number of anilines is 1. The first-order chi connectivity index (χ1) is 10.1. The summed E-state index contributed by atoms with van der Waals surface area (Å²) in [7, 11) is 0. The highest BCUT2D eigenvalue weighted by atomic mass is 16.2. The molecule has 2 aliphatic heterocycles. The van der Waals surface area contributed by atoms with Crippen molar-refractivity contribution in [3.8, 4) is 0 Å². The van der Waals surface area contributed by atoms with E-state index < -0.39 is 0 Å². The van der Waals surface area contributed by atoms with Crippen LogP contribution in [0.2, 0.25) is 0 Å². The Labute approximate surface area is 124 Å². The number of carbonyl (C=O) groups excluding carboxylic acids is 2. The lowest BCUT2D eigenvalue weighted by molar-refractivity contribution is -0.137. The maximum atomic E-state index is 12.6. The average molecular weight is 287 g/mol. The van der Waals surface area contributed by atoms with Crippen LogP contribution in [0.1, 0.15) is 26.2 Å².